The van der Waals surface area contributed by atoms with Crippen molar-refractivity contribution in [2.75, 3.05) is 5.32 Å². The molecule has 3 rings (SSSR count). The third-order valence-corrected chi connectivity index (χ3v) is 3.95. The van der Waals surface area contributed by atoms with Gasteiger partial charge in [0, 0.05) is 22.6 Å². The van der Waals surface area contributed by atoms with Crippen molar-refractivity contribution in [1.82, 2.24) is 4.98 Å². The molecule has 0 saturated heterocycles. The molecule has 152 valence electrons. The van der Waals surface area contributed by atoms with Crippen LogP contribution in [0.4, 0.5) is 27.6 Å². The van der Waals surface area contributed by atoms with Crippen molar-refractivity contribution in [3.05, 3.63) is 64.8 Å². The molecule has 1 amide bonds. The monoisotopic (exact) mass is 413 g/mol. The maximum absolute atomic E-state index is 13.0. The molecule has 0 radical (unpaired) electrons. The zero-order valence-corrected chi connectivity index (χ0v) is 14.6. The lowest BCUT2D eigenvalue weighted by Crippen LogP contribution is -2.25. The van der Waals surface area contributed by atoms with Crippen LogP contribution in [-0.4, -0.2) is 17.5 Å². The van der Waals surface area contributed by atoms with Crippen LogP contribution in [-0.2, 0) is 6.18 Å². The topological polar surface area (TPSA) is 78.2 Å². The number of carbonyl (C=O) groups is 1. The molecule has 0 bridgehead atoms. The van der Waals surface area contributed by atoms with Crippen molar-refractivity contribution in [2.24, 2.45) is 0 Å². The second-order valence-corrected chi connectivity index (χ2v) is 5.94. The number of pyridine rings is 2. The average molecular weight is 413 g/mol. The zero-order chi connectivity index (χ0) is 21.3. The Morgan fingerprint density at radius 1 is 1.21 bits per heavy atom. The highest BCUT2D eigenvalue weighted by Crippen LogP contribution is 2.34. The summed E-state index contributed by atoms with van der Waals surface area (Å²) in [6, 6.07) is 5.02. The summed E-state index contributed by atoms with van der Waals surface area (Å²) in [6.07, 6.45) is -2.45. The number of hydrogen-bond acceptors (Lipinski definition) is 4. The molecule has 0 fully saturated rings. The smallest absolute Gasteiger partial charge is 0.433 e. The Hall–Kier alpha value is -3.50. The Morgan fingerprint density at radius 3 is 2.55 bits per heavy atom. The van der Waals surface area contributed by atoms with Gasteiger partial charge in [-0.2, -0.15) is 26.7 Å². The van der Waals surface area contributed by atoms with Gasteiger partial charge in [0.15, 0.2) is 18.1 Å². The van der Waals surface area contributed by atoms with Crippen molar-refractivity contribution in [1.29, 1.82) is 0 Å². The van der Waals surface area contributed by atoms with Gasteiger partial charge in [-0.15, -0.1) is 0 Å². The van der Waals surface area contributed by atoms with Crippen LogP contribution >= 0.6 is 0 Å². The number of nitrogens with zero attached hydrogens (tertiary/aromatic N) is 2. The summed E-state index contributed by atoms with van der Waals surface area (Å²) >= 11 is 0. The van der Waals surface area contributed by atoms with E-state index in [2.05, 4.69) is 15.0 Å². The standard InChI is InChI=1S/C18H12F5N3O3/c1-9-8-26(28)7-6-12(9)24-16(27)11-2-4-13(29-17(19)20)15-10(11)3-5-14(25-15)18(21,22)23/h2-8,17H,1H3,(H,24,27). The van der Waals surface area contributed by atoms with Gasteiger partial charge in [-0.25, -0.2) is 4.98 Å². The van der Waals surface area contributed by atoms with Crippen LogP contribution in [0.5, 0.6) is 5.75 Å². The molecule has 0 saturated carbocycles. The predicted molar refractivity (Wildman–Crippen MR) is 91.5 cm³/mol. The molecule has 0 unspecified atom stereocenters. The first-order valence-electron chi connectivity index (χ1n) is 8.03. The summed E-state index contributed by atoms with van der Waals surface area (Å²) in [5, 5.41) is 13.7. The lowest BCUT2D eigenvalue weighted by atomic mass is 10.1. The average Bonchev–Trinajstić information content (AvgIpc) is 2.62. The molecular formula is C18H12F5N3O3. The number of alkyl halides is 5. The number of benzene rings is 1. The number of rotatable bonds is 4. The van der Waals surface area contributed by atoms with Crippen LogP contribution in [0.15, 0.2) is 42.7 Å². The van der Waals surface area contributed by atoms with Crippen molar-refractivity contribution in [2.45, 2.75) is 19.7 Å². The molecule has 6 nitrogen and oxygen atoms in total. The van der Waals surface area contributed by atoms with E-state index in [1.54, 1.807) is 6.92 Å². The summed E-state index contributed by atoms with van der Waals surface area (Å²) in [4.78, 5) is 16.0. The second kappa shape index (κ2) is 7.49. The highest BCUT2D eigenvalue weighted by atomic mass is 19.4. The summed E-state index contributed by atoms with van der Waals surface area (Å²) in [7, 11) is 0. The Kier molecular flexibility index (Phi) is 5.23. The SMILES string of the molecule is Cc1c[n+]([O-])ccc1NC(=O)c1ccc(OC(F)F)c2nc(C(F)(F)F)ccc12. The van der Waals surface area contributed by atoms with Crippen LogP contribution in [0, 0.1) is 12.1 Å². The highest BCUT2D eigenvalue weighted by Gasteiger charge is 2.33. The highest BCUT2D eigenvalue weighted by molar-refractivity contribution is 6.13. The van der Waals surface area contributed by atoms with E-state index in [1.165, 1.54) is 12.3 Å². The second-order valence-electron chi connectivity index (χ2n) is 5.94. The molecule has 0 aliphatic carbocycles. The van der Waals surface area contributed by atoms with Crippen LogP contribution in [0.2, 0.25) is 0 Å². The van der Waals surface area contributed by atoms with Gasteiger partial charge in [-0.3, -0.25) is 4.79 Å². The molecule has 2 aromatic heterocycles. The fraction of sp³-hybridized carbons (Fsp3) is 0.167. The van der Waals surface area contributed by atoms with E-state index in [0.717, 1.165) is 24.4 Å². The van der Waals surface area contributed by atoms with Crippen LogP contribution in [0.25, 0.3) is 10.9 Å². The number of nitrogens with one attached hydrogen (secondary N) is 1. The first-order valence-corrected chi connectivity index (χ1v) is 8.03. The molecule has 0 spiro atoms. The predicted octanol–water partition coefficient (Wildman–Crippen LogP) is 4.05. The third kappa shape index (κ3) is 4.33. The van der Waals surface area contributed by atoms with E-state index < -0.39 is 35.7 Å². The number of anilines is 1. The van der Waals surface area contributed by atoms with Gasteiger partial charge in [0.25, 0.3) is 5.91 Å². The van der Waals surface area contributed by atoms with Gasteiger partial charge in [-0.1, -0.05) is 0 Å². The lowest BCUT2D eigenvalue weighted by Gasteiger charge is -2.14. The summed E-state index contributed by atoms with van der Waals surface area (Å²) in [5.74, 6) is -1.33. The maximum atomic E-state index is 13.0. The molecule has 1 aromatic carbocycles. The number of amides is 1. The summed E-state index contributed by atoms with van der Waals surface area (Å²) in [5.41, 5.74) is -1.23. The molecule has 0 aliphatic rings. The fourth-order valence-corrected chi connectivity index (χ4v) is 2.65. The van der Waals surface area contributed by atoms with Gasteiger partial charge in [0.1, 0.15) is 11.2 Å². The quantitative estimate of drug-likeness (QED) is 0.398. The van der Waals surface area contributed by atoms with E-state index in [4.69, 9.17) is 0 Å². The summed E-state index contributed by atoms with van der Waals surface area (Å²) in [6.45, 7) is -1.72. The molecule has 2 heterocycles. The first kappa shape index (κ1) is 20.2. The van der Waals surface area contributed by atoms with Crippen molar-refractivity contribution >= 4 is 22.5 Å². The van der Waals surface area contributed by atoms with Crippen LogP contribution < -0.4 is 14.8 Å². The van der Waals surface area contributed by atoms with Crippen molar-refractivity contribution in [3.63, 3.8) is 0 Å². The Bertz CT molecular complexity index is 1090. The van der Waals surface area contributed by atoms with E-state index in [1.807, 2.05) is 0 Å². The molecule has 3 aromatic rings. The Labute approximate surface area is 160 Å². The minimum Gasteiger partial charge on any atom is -0.619 e. The largest absolute Gasteiger partial charge is 0.619 e. The Morgan fingerprint density at radius 2 is 1.93 bits per heavy atom. The van der Waals surface area contributed by atoms with E-state index in [0.29, 0.717) is 22.0 Å². The van der Waals surface area contributed by atoms with E-state index in [-0.39, 0.29) is 10.9 Å². The third-order valence-electron chi connectivity index (χ3n) is 3.95. The lowest BCUT2D eigenvalue weighted by molar-refractivity contribution is -0.605. The zero-order valence-electron chi connectivity index (χ0n) is 14.6. The number of aryl methyl sites for hydroxylation is 1. The number of fused-ring (bicyclic) bond motifs is 1. The van der Waals surface area contributed by atoms with Gasteiger partial charge in [0.05, 0.1) is 5.69 Å². The maximum Gasteiger partial charge on any atom is 0.433 e. The van der Waals surface area contributed by atoms with E-state index in [9.17, 15) is 32.0 Å². The summed E-state index contributed by atoms with van der Waals surface area (Å²) < 4.78 is 69.0. The molecule has 1 N–H and O–H groups in total. The minimum absolute atomic E-state index is 0.110. The van der Waals surface area contributed by atoms with Gasteiger partial charge >= 0.3 is 12.8 Å². The van der Waals surface area contributed by atoms with Crippen LogP contribution in [0.3, 0.4) is 0 Å². The number of aromatic nitrogens is 2. The number of ether oxygens (including phenoxy) is 1. The minimum atomic E-state index is -4.82. The fourth-order valence-electron chi connectivity index (χ4n) is 2.65. The molecule has 0 aliphatic heterocycles. The number of hydrogen-bond donors (Lipinski definition) is 1. The first-order chi connectivity index (χ1) is 13.6. The number of carbonyl (C=O) groups excluding carboxylic acids is 1. The molecule has 11 heteroatoms. The molecular weight excluding hydrogens is 401 g/mol. The van der Waals surface area contributed by atoms with Crippen LogP contribution in [0.1, 0.15) is 21.6 Å². The van der Waals surface area contributed by atoms with Gasteiger partial charge in [0.2, 0.25) is 0 Å². The molecule has 0 atom stereocenters. The normalized spacial score (nSPS) is 11.7. The Balaban J connectivity index is 2.09. The van der Waals surface area contributed by atoms with Gasteiger partial charge in [-0.05, 0) is 31.2 Å². The number of halogens is 5. The molecule has 29 heavy (non-hydrogen) atoms. The van der Waals surface area contributed by atoms with Crippen molar-refractivity contribution < 1.29 is 36.2 Å². The van der Waals surface area contributed by atoms with Crippen molar-refractivity contribution in [3.8, 4) is 5.75 Å². The van der Waals surface area contributed by atoms with E-state index >= 15 is 0 Å². The van der Waals surface area contributed by atoms with Gasteiger partial charge < -0.3 is 15.3 Å².